The lowest BCUT2D eigenvalue weighted by atomic mass is 9.96. The maximum atomic E-state index is 13.6. The van der Waals surface area contributed by atoms with Crippen molar-refractivity contribution in [1.29, 1.82) is 0 Å². The van der Waals surface area contributed by atoms with Crippen LogP contribution in [0.5, 0.6) is 23.0 Å². The third-order valence-electron chi connectivity index (χ3n) is 4.73. The molecule has 2 N–H and O–H groups in total. The first-order valence-electron chi connectivity index (χ1n) is 10.3. The number of benzene rings is 3. The van der Waals surface area contributed by atoms with Crippen molar-refractivity contribution in [2.24, 2.45) is 0 Å². The summed E-state index contributed by atoms with van der Waals surface area (Å²) in [5.41, 5.74) is -3.28. The topological polar surface area (TPSA) is 42.5 Å². The molecule has 0 aliphatic heterocycles. The van der Waals surface area contributed by atoms with Gasteiger partial charge in [0, 0.05) is 5.56 Å². The molecule has 0 fully saturated rings. The van der Waals surface area contributed by atoms with Gasteiger partial charge in [-0.3, -0.25) is 10.6 Å². The molecule has 0 amide bonds. The summed E-state index contributed by atoms with van der Waals surface area (Å²) in [7, 11) is 0. The molecule has 0 radical (unpaired) electrons. The van der Waals surface area contributed by atoms with Gasteiger partial charge < -0.3 is 9.47 Å². The van der Waals surface area contributed by atoms with Gasteiger partial charge in [-0.25, -0.2) is 0 Å². The Morgan fingerprint density at radius 1 is 0.487 bits per heavy atom. The summed E-state index contributed by atoms with van der Waals surface area (Å²) in [4.78, 5) is 0. The molecule has 0 saturated heterocycles. The van der Waals surface area contributed by atoms with Crippen molar-refractivity contribution in [1.82, 2.24) is 0 Å². The second-order valence-electron chi connectivity index (χ2n) is 7.63. The monoisotopic (exact) mass is 578 g/mol. The van der Waals surface area contributed by atoms with Crippen molar-refractivity contribution in [2.45, 2.75) is 30.9 Å². The zero-order valence-corrected chi connectivity index (χ0v) is 18.8. The normalized spacial score (nSPS) is 12.8. The van der Waals surface area contributed by atoms with Crippen LogP contribution in [0.15, 0.2) is 66.7 Å². The summed E-state index contributed by atoms with van der Waals surface area (Å²) < 4.78 is 170. The molecule has 0 saturated carbocycles. The van der Waals surface area contributed by atoms with E-state index in [0.717, 1.165) is 65.2 Å². The second kappa shape index (κ2) is 10.6. The lowest BCUT2D eigenvalue weighted by molar-refractivity contribution is -0.253. The lowest BCUT2D eigenvalue weighted by Gasteiger charge is -2.27. The van der Waals surface area contributed by atoms with Crippen molar-refractivity contribution < 1.29 is 62.2 Å². The fourth-order valence-corrected chi connectivity index (χ4v) is 3.34. The van der Waals surface area contributed by atoms with Crippen molar-refractivity contribution >= 4 is 11.4 Å². The Labute approximate surface area is 211 Å². The van der Waals surface area contributed by atoms with E-state index in [1.54, 1.807) is 0 Å². The number of nitrogens with one attached hydrogen (secondary N) is 2. The molecule has 0 atom stereocenters. The second-order valence-corrected chi connectivity index (χ2v) is 7.63. The molecule has 4 nitrogen and oxygen atoms in total. The number of halogens is 12. The van der Waals surface area contributed by atoms with Gasteiger partial charge in [0.1, 0.15) is 0 Å². The largest absolute Gasteiger partial charge is 0.482 e. The third-order valence-corrected chi connectivity index (χ3v) is 4.73. The Morgan fingerprint density at radius 3 is 1.33 bits per heavy atom. The minimum Gasteiger partial charge on any atom is -0.451 e. The molecule has 0 heterocycles. The summed E-state index contributed by atoms with van der Waals surface area (Å²) in [5.74, 6) is -8.06. The number of alkyl halides is 12. The minimum atomic E-state index is -5.96. The molecule has 3 aromatic carbocycles. The van der Waals surface area contributed by atoms with Crippen LogP contribution in [0.4, 0.5) is 64.1 Å². The van der Waals surface area contributed by atoms with Gasteiger partial charge in [0.05, 0.1) is 11.4 Å². The van der Waals surface area contributed by atoms with E-state index in [0.29, 0.717) is 12.1 Å². The van der Waals surface area contributed by atoms with Gasteiger partial charge in [0.25, 0.3) is 0 Å². The Balaban J connectivity index is 2.22. The quantitative estimate of drug-likeness (QED) is 0.217. The average Bonchev–Trinajstić information content (AvgIpc) is 2.74. The molecule has 0 spiro atoms. The summed E-state index contributed by atoms with van der Waals surface area (Å²) in [6, 6.07) is 9.57. The van der Waals surface area contributed by atoms with E-state index < -0.39 is 70.8 Å². The fourth-order valence-electron chi connectivity index (χ4n) is 3.34. The van der Waals surface area contributed by atoms with Crippen LogP contribution in [0, 0.1) is 0 Å². The standard InChI is InChI=1S/C23H14F12N2O2/c24-20(25,26)19(21(27,28)29)12-6-5-11-17(38-15-9-3-1-7-13(15)36-22(30,31)32)18(12)39-16-10-4-2-8-14(16)37-23(33,34)35/h1-11,19,36-37H. The first-order valence-corrected chi connectivity index (χ1v) is 10.3. The van der Waals surface area contributed by atoms with E-state index in [2.05, 4.69) is 0 Å². The number of hydrogen-bond acceptors (Lipinski definition) is 4. The molecular formula is C23H14F12N2O2. The number of rotatable bonds is 7. The van der Waals surface area contributed by atoms with Crippen LogP contribution in [0.25, 0.3) is 0 Å². The lowest BCUT2D eigenvalue weighted by Crippen LogP contribution is -2.34. The molecule has 0 bridgehead atoms. The average molecular weight is 578 g/mol. The number of anilines is 2. The zero-order valence-electron chi connectivity index (χ0n) is 18.8. The fraction of sp³-hybridized carbons (Fsp3) is 0.217. The van der Waals surface area contributed by atoms with Crippen LogP contribution in [0.1, 0.15) is 11.5 Å². The van der Waals surface area contributed by atoms with Crippen LogP contribution in [-0.4, -0.2) is 25.0 Å². The molecule has 3 aromatic rings. The molecule has 39 heavy (non-hydrogen) atoms. The number of hydrogen-bond donors (Lipinski definition) is 2. The molecule has 0 aromatic heterocycles. The zero-order chi connectivity index (χ0) is 29.2. The molecule has 0 aliphatic carbocycles. The molecule has 0 unspecified atom stereocenters. The molecular weight excluding hydrogens is 564 g/mol. The highest BCUT2D eigenvalue weighted by Gasteiger charge is 2.58. The van der Waals surface area contributed by atoms with Crippen LogP contribution >= 0.6 is 0 Å². The van der Waals surface area contributed by atoms with Crippen LogP contribution in [0.3, 0.4) is 0 Å². The van der Waals surface area contributed by atoms with Crippen LogP contribution in [0.2, 0.25) is 0 Å². The summed E-state index contributed by atoms with van der Waals surface area (Å²) in [5, 5.41) is 2.14. The van der Waals surface area contributed by atoms with Crippen molar-refractivity contribution in [3.8, 4) is 23.0 Å². The summed E-state index contributed by atoms with van der Waals surface area (Å²) in [6.07, 6.45) is -22.0. The van der Waals surface area contributed by atoms with E-state index in [1.165, 1.54) is 0 Å². The predicted octanol–water partition coefficient (Wildman–Crippen LogP) is 9.34. The maximum absolute atomic E-state index is 13.6. The smallest absolute Gasteiger partial charge is 0.451 e. The highest BCUT2D eigenvalue weighted by molar-refractivity contribution is 5.63. The van der Waals surface area contributed by atoms with Crippen LogP contribution < -0.4 is 20.1 Å². The van der Waals surface area contributed by atoms with E-state index in [9.17, 15) is 52.7 Å². The third kappa shape index (κ3) is 8.00. The van der Waals surface area contributed by atoms with Gasteiger partial charge in [0.2, 0.25) is 0 Å². The van der Waals surface area contributed by atoms with E-state index >= 15 is 0 Å². The highest BCUT2D eigenvalue weighted by atomic mass is 19.4. The van der Waals surface area contributed by atoms with Gasteiger partial charge in [-0.05, 0) is 30.3 Å². The van der Waals surface area contributed by atoms with Gasteiger partial charge in [-0.15, -0.1) is 0 Å². The van der Waals surface area contributed by atoms with Crippen molar-refractivity contribution in [2.75, 3.05) is 10.6 Å². The van der Waals surface area contributed by atoms with Crippen molar-refractivity contribution in [3.63, 3.8) is 0 Å². The molecule has 3 rings (SSSR count). The Morgan fingerprint density at radius 2 is 0.897 bits per heavy atom. The summed E-state index contributed by atoms with van der Waals surface area (Å²) in [6.45, 7) is 0. The van der Waals surface area contributed by atoms with E-state index in [1.807, 2.05) is 0 Å². The van der Waals surface area contributed by atoms with Crippen LogP contribution in [-0.2, 0) is 0 Å². The number of ether oxygens (including phenoxy) is 2. The first kappa shape index (κ1) is 29.6. The predicted molar refractivity (Wildman–Crippen MR) is 114 cm³/mol. The SMILES string of the molecule is FC(F)(F)Nc1ccccc1Oc1cccc(C(C(F)(F)F)C(F)(F)F)c1Oc1ccccc1NC(F)(F)F. The van der Waals surface area contributed by atoms with Gasteiger partial charge in [0.15, 0.2) is 28.9 Å². The van der Waals surface area contributed by atoms with E-state index in [-0.39, 0.29) is 0 Å². The molecule has 212 valence electrons. The maximum Gasteiger partial charge on any atom is 0.482 e. The van der Waals surface area contributed by atoms with Crippen molar-refractivity contribution in [3.05, 3.63) is 72.3 Å². The van der Waals surface area contributed by atoms with Gasteiger partial charge in [-0.1, -0.05) is 36.4 Å². The highest BCUT2D eigenvalue weighted by Crippen LogP contribution is 2.53. The Kier molecular flexibility index (Phi) is 8.07. The van der Waals surface area contributed by atoms with Gasteiger partial charge >= 0.3 is 25.0 Å². The Bertz CT molecular complexity index is 1270. The van der Waals surface area contributed by atoms with Gasteiger partial charge in [-0.2, -0.15) is 52.7 Å². The minimum absolute atomic E-state index is 0.355. The summed E-state index contributed by atoms with van der Waals surface area (Å²) >= 11 is 0. The van der Waals surface area contributed by atoms with E-state index in [4.69, 9.17) is 9.47 Å². The Hall–Kier alpha value is -3.98. The molecule has 16 heteroatoms. The molecule has 0 aliphatic rings. The first-order chi connectivity index (χ1) is 17.9. The number of para-hydroxylation sites is 5.